The summed E-state index contributed by atoms with van der Waals surface area (Å²) in [4.78, 5) is 0. The molecule has 0 aromatic rings. The molecule has 6 atom stereocenters. The van der Waals surface area contributed by atoms with Crippen molar-refractivity contribution in [1.82, 2.24) is 0 Å². The molecule has 1 aliphatic heterocycles. The first-order valence-corrected chi connectivity index (χ1v) is 9.60. The maximum atomic E-state index is 10.6. The molecular weight excluding hydrogens is 288 g/mol. The lowest BCUT2D eigenvalue weighted by atomic mass is 9.44. The zero-order valence-corrected chi connectivity index (χ0v) is 15.7. The van der Waals surface area contributed by atoms with Crippen molar-refractivity contribution in [2.24, 2.45) is 22.7 Å². The molecule has 0 amide bonds. The molecule has 2 N–H and O–H groups in total. The number of fused-ring (bicyclic) bond motifs is 2. The predicted octanol–water partition coefficient (Wildman–Crippen LogP) is 3.91. The van der Waals surface area contributed by atoms with Crippen molar-refractivity contribution >= 4 is 0 Å². The van der Waals surface area contributed by atoms with E-state index in [0.29, 0.717) is 11.8 Å². The second-order valence-electron chi connectivity index (χ2n) is 9.74. The summed E-state index contributed by atoms with van der Waals surface area (Å²) >= 11 is 0. The molecule has 23 heavy (non-hydrogen) atoms. The second-order valence-corrected chi connectivity index (χ2v) is 9.74. The van der Waals surface area contributed by atoms with Crippen LogP contribution in [0.15, 0.2) is 0 Å². The third kappa shape index (κ3) is 2.33. The van der Waals surface area contributed by atoms with Gasteiger partial charge in [-0.25, -0.2) is 0 Å². The lowest BCUT2D eigenvalue weighted by Gasteiger charge is -2.64. The average Bonchev–Trinajstić information content (AvgIpc) is 2.81. The van der Waals surface area contributed by atoms with Crippen LogP contribution in [0.5, 0.6) is 0 Å². The summed E-state index contributed by atoms with van der Waals surface area (Å²) in [5.74, 6) is 1.06. The van der Waals surface area contributed by atoms with Gasteiger partial charge in [-0.15, -0.1) is 0 Å². The molecule has 0 aromatic heterocycles. The molecule has 2 saturated carbocycles. The van der Waals surface area contributed by atoms with E-state index in [1.807, 2.05) is 0 Å². The van der Waals surface area contributed by atoms with Crippen LogP contribution in [0, 0.1) is 22.7 Å². The molecule has 3 nitrogen and oxygen atoms in total. The highest BCUT2D eigenvalue weighted by Gasteiger charge is 2.67. The van der Waals surface area contributed by atoms with Crippen LogP contribution in [0.1, 0.15) is 79.6 Å². The van der Waals surface area contributed by atoms with Crippen molar-refractivity contribution in [3.8, 4) is 0 Å². The fourth-order valence-electron chi connectivity index (χ4n) is 6.60. The molecule has 2 aliphatic carbocycles. The fraction of sp³-hybridized carbons (Fsp3) is 1.00. The first-order valence-electron chi connectivity index (χ1n) is 9.60. The van der Waals surface area contributed by atoms with Crippen LogP contribution in [0.25, 0.3) is 0 Å². The summed E-state index contributed by atoms with van der Waals surface area (Å²) in [6.45, 7) is 11.7. The molecule has 0 bridgehead atoms. The van der Waals surface area contributed by atoms with Crippen molar-refractivity contribution in [2.45, 2.75) is 96.9 Å². The number of rotatable bonds is 2. The zero-order chi connectivity index (χ0) is 17.1. The third-order valence-electron chi connectivity index (χ3n) is 8.21. The van der Waals surface area contributed by atoms with Gasteiger partial charge in [-0.3, -0.25) is 0 Å². The summed E-state index contributed by atoms with van der Waals surface area (Å²) in [6, 6.07) is 0. The van der Waals surface area contributed by atoms with Gasteiger partial charge in [-0.1, -0.05) is 27.7 Å². The third-order valence-corrected chi connectivity index (χ3v) is 8.21. The van der Waals surface area contributed by atoms with Crippen molar-refractivity contribution in [2.75, 3.05) is 6.61 Å². The maximum absolute atomic E-state index is 10.6. The molecule has 0 aromatic carbocycles. The number of aliphatic hydroxyl groups is 2. The average molecular weight is 325 g/mol. The Kier molecular flexibility index (Phi) is 4.18. The van der Waals surface area contributed by atoms with E-state index in [-0.39, 0.29) is 34.7 Å². The monoisotopic (exact) mass is 324 g/mol. The molecule has 3 aliphatic rings. The number of hydrogen-bond donors (Lipinski definition) is 2. The summed E-state index contributed by atoms with van der Waals surface area (Å²) in [6.07, 6.45) is 7.00. The lowest BCUT2D eigenvalue weighted by Crippen LogP contribution is -2.65. The maximum Gasteiger partial charge on any atom is 0.0772 e. The molecular formula is C20H36O3. The van der Waals surface area contributed by atoms with Crippen molar-refractivity contribution in [3.63, 3.8) is 0 Å². The quantitative estimate of drug-likeness (QED) is 0.809. The second kappa shape index (κ2) is 5.44. The minimum absolute atomic E-state index is 0.0422. The summed E-state index contributed by atoms with van der Waals surface area (Å²) in [7, 11) is 0. The van der Waals surface area contributed by atoms with Crippen LogP contribution in [0.3, 0.4) is 0 Å². The molecule has 0 radical (unpaired) electrons. The summed E-state index contributed by atoms with van der Waals surface area (Å²) in [5, 5.41) is 20.0. The van der Waals surface area contributed by atoms with E-state index in [1.54, 1.807) is 0 Å². The molecule has 3 heteroatoms. The fourth-order valence-corrected chi connectivity index (χ4v) is 6.60. The van der Waals surface area contributed by atoms with E-state index in [9.17, 15) is 10.2 Å². The van der Waals surface area contributed by atoms with Crippen LogP contribution in [-0.4, -0.2) is 34.1 Å². The zero-order valence-electron chi connectivity index (χ0n) is 15.7. The van der Waals surface area contributed by atoms with Gasteiger partial charge in [0.1, 0.15) is 0 Å². The summed E-state index contributed by atoms with van der Waals surface area (Å²) in [5.41, 5.74) is -0.189. The Morgan fingerprint density at radius 2 is 1.70 bits per heavy atom. The number of ether oxygens (including phenoxy) is 1. The van der Waals surface area contributed by atoms with Crippen LogP contribution in [0.4, 0.5) is 0 Å². The number of hydrogen-bond acceptors (Lipinski definition) is 3. The van der Waals surface area contributed by atoms with Gasteiger partial charge in [-0.2, -0.15) is 0 Å². The summed E-state index contributed by atoms with van der Waals surface area (Å²) < 4.78 is 6.89. The molecule has 1 heterocycles. The van der Waals surface area contributed by atoms with Gasteiger partial charge in [0.05, 0.1) is 17.3 Å². The van der Waals surface area contributed by atoms with Gasteiger partial charge in [0, 0.05) is 12.0 Å². The van der Waals surface area contributed by atoms with Crippen LogP contribution in [-0.2, 0) is 4.74 Å². The van der Waals surface area contributed by atoms with Gasteiger partial charge in [0.15, 0.2) is 0 Å². The standard InChI is InChI=1S/C20H36O3/c1-14-6-7-15-17(2,3)16(22)8-9-19(15,5)20(14)11-10-18(4,23-20)12-13-21/h14-16,21-22H,6-13H2,1-5H3/t14-,15-,16-,18+,19-,20+/m1/s1. The first-order chi connectivity index (χ1) is 10.6. The van der Waals surface area contributed by atoms with Gasteiger partial charge in [0.2, 0.25) is 0 Å². The van der Waals surface area contributed by atoms with Crippen molar-refractivity contribution < 1.29 is 14.9 Å². The van der Waals surface area contributed by atoms with Crippen molar-refractivity contribution in [1.29, 1.82) is 0 Å². The Labute approximate surface area is 141 Å². The Morgan fingerprint density at radius 3 is 2.35 bits per heavy atom. The highest BCUT2D eigenvalue weighted by molar-refractivity contribution is 5.16. The van der Waals surface area contributed by atoms with Crippen LogP contribution in [0.2, 0.25) is 0 Å². The highest BCUT2D eigenvalue weighted by atomic mass is 16.5. The first kappa shape index (κ1) is 17.7. The van der Waals surface area contributed by atoms with Crippen LogP contribution >= 0.6 is 0 Å². The van der Waals surface area contributed by atoms with Gasteiger partial charge >= 0.3 is 0 Å². The minimum atomic E-state index is -0.198. The lowest BCUT2D eigenvalue weighted by molar-refractivity contribution is -0.259. The van der Waals surface area contributed by atoms with Gasteiger partial charge < -0.3 is 14.9 Å². The largest absolute Gasteiger partial charge is 0.396 e. The molecule has 0 unspecified atom stereocenters. The number of aliphatic hydroxyl groups excluding tert-OH is 2. The Hall–Kier alpha value is -0.120. The smallest absolute Gasteiger partial charge is 0.0772 e. The Balaban J connectivity index is 1.99. The SMILES string of the molecule is C[C@@H]1CC[C@@H]2C(C)(C)[C@H](O)CC[C@@]2(C)[C@]12CC[C@@](C)(CCO)O2. The van der Waals surface area contributed by atoms with E-state index in [4.69, 9.17) is 4.74 Å². The van der Waals surface area contributed by atoms with E-state index < -0.39 is 0 Å². The van der Waals surface area contributed by atoms with E-state index >= 15 is 0 Å². The molecule has 3 fully saturated rings. The van der Waals surface area contributed by atoms with Crippen LogP contribution < -0.4 is 0 Å². The normalized spacial score (nSPS) is 52.6. The van der Waals surface area contributed by atoms with E-state index in [0.717, 1.165) is 32.1 Å². The Morgan fingerprint density at radius 1 is 1.00 bits per heavy atom. The molecule has 134 valence electrons. The Bertz CT molecular complexity index is 462. The predicted molar refractivity (Wildman–Crippen MR) is 92.2 cm³/mol. The molecule has 1 spiro atoms. The van der Waals surface area contributed by atoms with E-state index in [2.05, 4.69) is 34.6 Å². The topological polar surface area (TPSA) is 49.7 Å². The molecule has 1 saturated heterocycles. The van der Waals surface area contributed by atoms with Crippen molar-refractivity contribution in [3.05, 3.63) is 0 Å². The van der Waals surface area contributed by atoms with Gasteiger partial charge in [-0.05, 0) is 69.1 Å². The minimum Gasteiger partial charge on any atom is -0.396 e. The van der Waals surface area contributed by atoms with E-state index in [1.165, 1.54) is 12.8 Å². The highest BCUT2D eigenvalue weighted by Crippen LogP contribution is 2.67. The molecule has 3 rings (SSSR count). The van der Waals surface area contributed by atoms with Gasteiger partial charge in [0.25, 0.3) is 0 Å².